The first kappa shape index (κ1) is 19.3. The Labute approximate surface area is 173 Å². The molecule has 0 atom stereocenters. The first-order valence-corrected chi connectivity index (χ1v) is 9.42. The quantitative estimate of drug-likeness (QED) is 0.392. The lowest BCUT2D eigenvalue weighted by Gasteiger charge is -2.12. The zero-order valence-electron chi connectivity index (χ0n) is 16.3. The normalized spacial score (nSPS) is 10.5. The maximum Gasteiger partial charge on any atom is 0.229 e. The molecule has 4 rings (SSSR count). The minimum Gasteiger partial charge on any atom is -0.340 e. The first-order valence-electron chi connectivity index (χ1n) is 9.42. The molecular formula is C24H19FN4O. The lowest BCUT2D eigenvalue weighted by Crippen LogP contribution is -2.03. The van der Waals surface area contributed by atoms with Gasteiger partial charge in [0.2, 0.25) is 5.95 Å². The van der Waals surface area contributed by atoms with E-state index in [0.29, 0.717) is 28.7 Å². The van der Waals surface area contributed by atoms with Gasteiger partial charge in [-0.2, -0.15) is 4.98 Å². The first-order chi connectivity index (χ1) is 14.6. The van der Waals surface area contributed by atoms with E-state index in [9.17, 15) is 9.18 Å². The van der Waals surface area contributed by atoms with Crippen LogP contribution in [0.1, 0.15) is 17.3 Å². The van der Waals surface area contributed by atoms with Crippen LogP contribution in [-0.4, -0.2) is 15.8 Å². The molecule has 2 N–H and O–H groups in total. The maximum atomic E-state index is 13.2. The molecule has 0 bridgehead atoms. The number of hydrogen-bond donors (Lipinski definition) is 2. The van der Waals surface area contributed by atoms with Gasteiger partial charge >= 0.3 is 0 Å². The highest BCUT2D eigenvalue weighted by Crippen LogP contribution is 2.25. The van der Waals surface area contributed by atoms with Crippen LogP contribution in [0, 0.1) is 5.82 Å². The van der Waals surface area contributed by atoms with Crippen LogP contribution >= 0.6 is 0 Å². The molecule has 0 radical (unpaired) electrons. The number of carbonyl (C=O) groups excluding carboxylic acids is 1. The lowest BCUT2D eigenvalue weighted by atomic mass is 10.1. The highest BCUT2D eigenvalue weighted by molar-refractivity contribution is 5.95. The number of hydrogen-bond acceptors (Lipinski definition) is 5. The Balaban J connectivity index is 1.70. The topological polar surface area (TPSA) is 66.9 Å². The lowest BCUT2D eigenvalue weighted by molar-refractivity contribution is 0.101. The number of ketones is 1. The van der Waals surface area contributed by atoms with Crippen molar-refractivity contribution in [2.45, 2.75) is 6.92 Å². The summed E-state index contributed by atoms with van der Waals surface area (Å²) in [6, 6.07) is 24.8. The van der Waals surface area contributed by atoms with Gasteiger partial charge in [-0.25, -0.2) is 9.37 Å². The van der Waals surface area contributed by atoms with Gasteiger partial charge in [-0.1, -0.05) is 42.5 Å². The summed E-state index contributed by atoms with van der Waals surface area (Å²) in [5, 5.41) is 6.36. The van der Waals surface area contributed by atoms with Crippen molar-refractivity contribution < 1.29 is 9.18 Å². The van der Waals surface area contributed by atoms with Crippen molar-refractivity contribution >= 4 is 28.9 Å². The predicted molar refractivity (Wildman–Crippen MR) is 117 cm³/mol. The Hall–Kier alpha value is -4.06. The van der Waals surface area contributed by atoms with Crippen LogP contribution < -0.4 is 10.6 Å². The molecule has 0 aliphatic heterocycles. The van der Waals surface area contributed by atoms with Gasteiger partial charge in [0.1, 0.15) is 11.6 Å². The maximum absolute atomic E-state index is 13.2. The molecule has 1 heterocycles. The van der Waals surface area contributed by atoms with Gasteiger partial charge in [-0.05, 0) is 43.3 Å². The van der Waals surface area contributed by atoms with E-state index >= 15 is 0 Å². The van der Waals surface area contributed by atoms with Crippen molar-refractivity contribution in [1.29, 1.82) is 0 Å². The number of Topliss-reactive ketones (excluding diaryl/α,β-unsaturated/α-hetero) is 1. The summed E-state index contributed by atoms with van der Waals surface area (Å²) in [6.07, 6.45) is 0. The summed E-state index contributed by atoms with van der Waals surface area (Å²) >= 11 is 0. The van der Waals surface area contributed by atoms with E-state index in [4.69, 9.17) is 0 Å². The molecule has 1 aromatic heterocycles. The minimum absolute atomic E-state index is 0.0173. The highest BCUT2D eigenvalue weighted by atomic mass is 19.1. The van der Waals surface area contributed by atoms with Crippen molar-refractivity contribution in [2.24, 2.45) is 0 Å². The zero-order chi connectivity index (χ0) is 20.9. The molecule has 5 nitrogen and oxygen atoms in total. The van der Waals surface area contributed by atoms with Crippen LogP contribution in [0.5, 0.6) is 0 Å². The average molecular weight is 398 g/mol. The number of benzene rings is 3. The van der Waals surface area contributed by atoms with Gasteiger partial charge in [0.15, 0.2) is 5.78 Å². The molecule has 30 heavy (non-hydrogen) atoms. The largest absolute Gasteiger partial charge is 0.340 e. The Morgan fingerprint density at radius 2 is 1.57 bits per heavy atom. The van der Waals surface area contributed by atoms with Gasteiger partial charge in [-0.15, -0.1) is 0 Å². The standard InChI is InChI=1S/C24H19FN4O/c1-16(30)18-8-5-9-21(14-18)27-24-28-22(17-6-3-2-4-7-17)15-23(29-24)26-20-12-10-19(25)11-13-20/h2-15H,1H3,(H2,26,27,28,29). The molecule has 0 fully saturated rings. The summed E-state index contributed by atoms with van der Waals surface area (Å²) in [6.45, 7) is 1.52. The second-order valence-corrected chi connectivity index (χ2v) is 6.72. The van der Waals surface area contributed by atoms with E-state index in [1.807, 2.05) is 42.5 Å². The third-order valence-electron chi connectivity index (χ3n) is 4.44. The molecule has 6 heteroatoms. The highest BCUT2D eigenvalue weighted by Gasteiger charge is 2.09. The van der Waals surface area contributed by atoms with E-state index in [-0.39, 0.29) is 11.6 Å². The Morgan fingerprint density at radius 3 is 2.30 bits per heavy atom. The van der Waals surface area contributed by atoms with Crippen molar-refractivity contribution in [1.82, 2.24) is 9.97 Å². The molecule has 4 aromatic rings. The third-order valence-corrected chi connectivity index (χ3v) is 4.44. The molecule has 0 saturated heterocycles. The van der Waals surface area contributed by atoms with E-state index in [0.717, 1.165) is 11.3 Å². The summed E-state index contributed by atoms with van der Waals surface area (Å²) < 4.78 is 13.2. The number of anilines is 4. The smallest absolute Gasteiger partial charge is 0.229 e. The van der Waals surface area contributed by atoms with Crippen LogP contribution in [0.3, 0.4) is 0 Å². The van der Waals surface area contributed by atoms with Gasteiger partial charge in [0, 0.05) is 28.6 Å². The molecule has 0 unspecified atom stereocenters. The number of halogens is 1. The van der Waals surface area contributed by atoms with Gasteiger partial charge in [0.25, 0.3) is 0 Å². The SMILES string of the molecule is CC(=O)c1cccc(Nc2nc(Nc3ccc(F)cc3)cc(-c3ccccc3)n2)c1. The number of nitrogens with one attached hydrogen (secondary N) is 2. The van der Waals surface area contributed by atoms with Gasteiger partial charge in [-0.3, -0.25) is 4.79 Å². The van der Waals surface area contributed by atoms with Crippen LogP contribution in [0.25, 0.3) is 11.3 Å². The molecule has 0 aliphatic rings. The van der Waals surface area contributed by atoms with Crippen molar-refractivity contribution in [3.05, 3.63) is 96.3 Å². The Kier molecular flexibility index (Phi) is 5.48. The van der Waals surface area contributed by atoms with Crippen LogP contribution in [-0.2, 0) is 0 Å². The summed E-state index contributed by atoms with van der Waals surface area (Å²) in [4.78, 5) is 20.8. The monoisotopic (exact) mass is 398 g/mol. The number of carbonyl (C=O) groups is 1. The fraction of sp³-hybridized carbons (Fsp3) is 0.0417. The van der Waals surface area contributed by atoms with E-state index in [1.54, 1.807) is 30.3 Å². The summed E-state index contributed by atoms with van der Waals surface area (Å²) in [5.74, 6) is 0.611. The van der Waals surface area contributed by atoms with E-state index in [2.05, 4.69) is 20.6 Å². The molecule has 0 amide bonds. The van der Waals surface area contributed by atoms with Crippen LogP contribution in [0.15, 0.2) is 84.9 Å². The summed E-state index contributed by atoms with van der Waals surface area (Å²) in [7, 11) is 0. The van der Waals surface area contributed by atoms with Crippen LogP contribution in [0.4, 0.5) is 27.5 Å². The number of nitrogens with zero attached hydrogens (tertiary/aromatic N) is 2. The number of rotatable bonds is 6. The number of aromatic nitrogens is 2. The average Bonchev–Trinajstić information content (AvgIpc) is 2.76. The molecular weight excluding hydrogens is 379 g/mol. The molecule has 0 aliphatic carbocycles. The third kappa shape index (κ3) is 4.67. The molecule has 3 aromatic carbocycles. The molecule has 0 spiro atoms. The second-order valence-electron chi connectivity index (χ2n) is 6.72. The molecule has 0 saturated carbocycles. The van der Waals surface area contributed by atoms with E-state index < -0.39 is 0 Å². The second kappa shape index (κ2) is 8.53. The van der Waals surface area contributed by atoms with Crippen molar-refractivity contribution in [2.75, 3.05) is 10.6 Å². The van der Waals surface area contributed by atoms with E-state index in [1.165, 1.54) is 19.1 Å². The Bertz CT molecular complexity index is 1180. The predicted octanol–water partition coefficient (Wildman–Crippen LogP) is 5.97. The zero-order valence-corrected chi connectivity index (χ0v) is 16.3. The molecule has 148 valence electrons. The van der Waals surface area contributed by atoms with Gasteiger partial charge in [0.05, 0.1) is 5.69 Å². The summed E-state index contributed by atoms with van der Waals surface area (Å²) in [5.41, 5.74) is 3.67. The van der Waals surface area contributed by atoms with Crippen LogP contribution in [0.2, 0.25) is 0 Å². The fourth-order valence-electron chi connectivity index (χ4n) is 2.95. The van der Waals surface area contributed by atoms with Crippen molar-refractivity contribution in [3.63, 3.8) is 0 Å². The van der Waals surface area contributed by atoms with Crippen molar-refractivity contribution in [3.8, 4) is 11.3 Å². The Morgan fingerprint density at radius 1 is 0.800 bits per heavy atom. The fourth-order valence-corrected chi connectivity index (χ4v) is 2.95. The van der Waals surface area contributed by atoms with Gasteiger partial charge < -0.3 is 10.6 Å². The minimum atomic E-state index is -0.305.